The summed E-state index contributed by atoms with van der Waals surface area (Å²) in [5.41, 5.74) is 4.10. The molecule has 0 amide bonds. The molecule has 0 atom stereocenters. The monoisotopic (exact) mass is 418 g/mol. The van der Waals surface area contributed by atoms with Gasteiger partial charge in [0.2, 0.25) is 6.79 Å². The van der Waals surface area contributed by atoms with Crippen LogP contribution in [0.3, 0.4) is 0 Å². The summed E-state index contributed by atoms with van der Waals surface area (Å²) < 4.78 is 16.2. The average Bonchev–Trinajstić information content (AvgIpc) is 3.28. The van der Waals surface area contributed by atoms with Gasteiger partial charge in [0, 0.05) is 23.3 Å². The van der Waals surface area contributed by atoms with Crippen LogP contribution in [0.5, 0.6) is 11.5 Å². The summed E-state index contributed by atoms with van der Waals surface area (Å²) in [6.07, 6.45) is 7.87. The third kappa shape index (κ3) is 3.90. The van der Waals surface area contributed by atoms with Crippen LogP contribution in [0.2, 0.25) is 0 Å². The Bertz CT molecular complexity index is 1120. The fourth-order valence-corrected chi connectivity index (χ4v) is 4.52. The van der Waals surface area contributed by atoms with E-state index in [9.17, 15) is 4.79 Å². The summed E-state index contributed by atoms with van der Waals surface area (Å²) in [6, 6.07) is 12.1. The minimum atomic E-state index is -0.386. The van der Waals surface area contributed by atoms with Crippen LogP contribution >= 0.6 is 0 Å². The van der Waals surface area contributed by atoms with E-state index in [2.05, 4.69) is 28.5 Å². The number of carbonyl (C=O) groups is 1. The van der Waals surface area contributed by atoms with E-state index in [4.69, 9.17) is 14.2 Å². The third-order valence-electron chi connectivity index (χ3n) is 6.11. The number of hydrogen-bond donors (Lipinski definition) is 1. The second-order valence-electron chi connectivity index (χ2n) is 8.07. The number of fused-ring (bicyclic) bond motifs is 2. The molecule has 0 unspecified atom stereocenters. The first kappa shape index (κ1) is 19.7. The average molecular weight is 418 g/mol. The number of nitrogens with zero attached hydrogens (tertiary/aromatic N) is 1. The zero-order valence-corrected chi connectivity index (χ0v) is 17.6. The lowest BCUT2D eigenvalue weighted by Crippen LogP contribution is -2.10. The van der Waals surface area contributed by atoms with E-state index in [1.165, 1.54) is 37.7 Å². The molecule has 1 saturated carbocycles. The molecule has 6 nitrogen and oxygen atoms in total. The molecule has 31 heavy (non-hydrogen) atoms. The number of esters is 1. The van der Waals surface area contributed by atoms with E-state index in [0.717, 1.165) is 22.3 Å². The van der Waals surface area contributed by atoms with Gasteiger partial charge in [-0.3, -0.25) is 4.98 Å². The van der Waals surface area contributed by atoms with Gasteiger partial charge in [-0.15, -0.1) is 0 Å². The molecule has 1 fully saturated rings. The summed E-state index contributed by atoms with van der Waals surface area (Å²) in [5.74, 6) is 1.57. The van der Waals surface area contributed by atoms with Crippen LogP contribution in [0, 0.1) is 0 Å². The maximum absolute atomic E-state index is 12.7. The standard InChI is InChI=1S/C25H26N2O4/c1-2-29-25(28)20-14-26-21-10-8-17(16-6-4-3-5-7-16)12-19(21)24(20)27-18-9-11-22-23(13-18)31-15-30-22/h8-14,16H,2-7,15H2,1H3,(H,26,27). The number of carbonyl (C=O) groups excluding carboxylic acids is 1. The van der Waals surface area contributed by atoms with Crippen molar-refractivity contribution in [1.82, 2.24) is 4.98 Å². The van der Waals surface area contributed by atoms with Gasteiger partial charge in [0.05, 0.1) is 17.8 Å². The topological polar surface area (TPSA) is 69.7 Å². The van der Waals surface area contributed by atoms with Crippen molar-refractivity contribution < 1.29 is 19.0 Å². The second kappa shape index (κ2) is 8.46. The highest BCUT2D eigenvalue weighted by molar-refractivity contribution is 6.06. The molecule has 5 rings (SSSR count). The normalized spacial score (nSPS) is 15.8. The van der Waals surface area contributed by atoms with E-state index in [1.54, 1.807) is 13.1 Å². The Morgan fingerprint density at radius 2 is 1.94 bits per heavy atom. The van der Waals surface area contributed by atoms with Gasteiger partial charge in [0.25, 0.3) is 0 Å². The highest BCUT2D eigenvalue weighted by atomic mass is 16.7. The minimum absolute atomic E-state index is 0.218. The van der Waals surface area contributed by atoms with E-state index in [-0.39, 0.29) is 12.8 Å². The SMILES string of the molecule is CCOC(=O)c1cnc2ccc(C3CCCCC3)cc2c1Nc1ccc2c(c1)OCO2. The van der Waals surface area contributed by atoms with E-state index in [0.29, 0.717) is 29.5 Å². The Labute approximate surface area is 181 Å². The number of ether oxygens (including phenoxy) is 3. The highest BCUT2D eigenvalue weighted by Crippen LogP contribution is 2.39. The minimum Gasteiger partial charge on any atom is -0.462 e. The Kier molecular flexibility index (Phi) is 5.37. The fourth-order valence-electron chi connectivity index (χ4n) is 4.52. The van der Waals surface area contributed by atoms with Gasteiger partial charge in [0.1, 0.15) is 5.56 Å². The number of nitrogens with one attached hydrogen (secondary N) is 1. The van der Waals surface area contributed by atoms with Gasteiger partial charge in [0.15, 0.2) is 11.5 Å². The van der Waals surface area contributed by atoms with Crippen LogP contribution in [0.25, 0.3) is 10.9 Å². The molecule has 1 N–H and O–H groups in total. The first-order valence-corrected chi connectivity index (χ1v) is 11.0. The number of aromatic nitrogens is 1. The molecular weight excluding hydrogens is 392 g/mol. The smallest absolute Gasteiger partial charge is 0.341 e. The number of hydrogen-bond acceptors (Lipinski definition) is 6. The Morgan fingerprint density at radius 1 is 1.10 bits per heavy atom. The molecule has 1 aromatic heterocycles. The summed E-state index contributed by atoms with van der Waals surface area (Å²) in [6.45, 7) is 2.33. The molecule has 0 radical (unpaired) electrons. The Hall–Kier alpha value is -3.28. The predicted molar refractivity (Wildman–Crippen MR) is 119 cm³/mol. The molecule has 1 aliphatic carbocycles. The van der Waals surface area contributed by atoms with Crippen molar-refractivity contribution in [3.8, 4) is 11.5 Å². The quantitative estimate of drug-likeness (QED) is 0.518. The maximum atomic E-state index is 12.7. The zero-order chi connectivity index (χ0) is 21.2. The lowest BCUT2D eigenvalue weighted by molar-refractivity contribution is 0.0527. The molecule has 3 aromatic rings. The van der Waals surface area contributed by atoms with Crippen LogP contribution in [-0.2, 0) is 4.74 Å². The molecular formula is C25H26N2O4. The summed E-state index contributed by atoms with van der Waals surface area (Å²) in [4.78, 5) is 17.3. The van der Waals surface area contributed by atoms with Crippen LogP contribution in [-0.4, -0.2) is 24.4 Å². The van der Waals surface area contributed by atoms with Gasteiger partial charge < -0.3 is 19.5 Å². The van der Waals surface area contributed by atoms with Gasteiger partial charge in [-0.1, -0.05) is 25.3 Å². The molecule has 0 saturated heterocycles. The zero-order valence-electron chi connectivity index (χ0n) is 17.6. The molecule has 0 bridgehead atoms. The highest BCUT2D eigenvalue weighted by Gasteiger charge is 2.21. The summed E-state index contributed by atoms with van der Waals surface area (Å²) >= 11 is 0. The van der Waals surface area contributed by atoms with Crippen LogP contribution < -0.4 is 14.8 Å². The van der Waals surface area contributed by atoms with E-state index < -0.39 is 0 Å². The summed E-state index contributed by atoms with van der Waals surface area (Å²) in [7, 11) is 0. The number of pyridine rings is 1. The van der Waals surface area contributed by atoms with E-state index in [1.807, 2.05) is 18.2 Å². The molecule has 2 heterocycles. The van der Waals surface area contributed by atoms with Crippen molar-refractivity contribution in [3.63, 3.8) is 0 Å². The van der Waals surface area contributed by atoms with Crippen molar-refractivity contribution in [2.24, 2.45) is 0 Å². The summed E-state index contributed by atoms with van der Waals surface area (Å²) in [5, 5.41) is 4.36. The van der Waals surface area contributed by atoms with Crippen LogP contribution in [0.1, 0.15) is 60.9 Å². The van der Waals surface area contributed by atoms with Crippen molar-refractivity contribution in [2.45, 2.75) is 44.9 Å². The molecule has 6 heteroatoms. The predicted octanol–water partition coefficient (Wildman–Crippen LogP) is 5.93. The van der Waals surface area contributed by atoms with Gasteiger partial charge in [-0.2, -0.15) is 0 Å². The third-order valence-corrected chi connectivity index (χ3v) is 6.11. The maximum Gasteiger partial charge on any atom is 0.341 e. The van der Waals surface area contributed by atoms with Crippen molar-refractivity contribution in [3.05, 3.63) is 53.7 Å². The second-order valence-corrected chi connectivity index (χ2v) is 8.07. The fraction of sp³-hybridized carbons (Fsp3) is 0.360. The Morgan fingerprint density at radius 3 is 2.77 bits per heavy atom. The number of benzene rings is 2. The van der Waals surface area contributed by atoms with Crippen molar-refractivity contribution >= 4 is 28.2 Å². The molecule has 2 aliphatic rings. The first-order valence-electron chi connectivity index (χ1n) is 11.0. The van der Waals surface area contributed by atoms with Crippen LogP contribution in [0.15, 0.2) is 42.6 Å². The van der Waals surface area contributed by atoms with Crippen molar-refractivity contribution in [1.29, 1.82) is 0 Å². The van der Waals surface area contributed by atoms with E-state index >= 15 is 0 Å². The van der Waals surface area contributed by atoms with Gasteiger partial charge >= 0.3 is 5.97 Å². The lowest BCUT2D eigenvalue weighted by atomic mass is 9.83. The van der Waals surface area contributed by atoms with Gasteiger partial charge in [-0.25, -0.2) is 4.79 Å². The number of anilines is 2. The Balaban J connectivity index is 1.60. The number of rotatable bonds is 5. The first-order chi connectivity index (χ1) is 15.2. The largest absolute Gasteiger partial charge is 0.462 e. The lowest BCUT2D eigenvalue weighted by Gasteiger charge is -2.23. The van der Waals surface area contributed by atoms with Crippen molar-refractivity contribution in [2.75, 3.05) is 18.7 Å². The molecule has 1 aliphatic heterocycles. The molecule has 2 aromatic carbocycles. The molecule has 0 spiro atoms. The van der Waals surface area contributed by atoms with Gasteiger partial charge in [-0.05, 0) is 55.5 Å². The molecule has 160 valence electrons. The van der Waals surface area contributed by atoms with Crippen LogP contribution in [0.4, 0.5) is 11.4 Å².